The molecule has 0 unspecified atom stereocenters. The van der Waals surface area contributed by atoms with Crippen molar-refractivity contribution in [2.24, 2.45) is 5.73 Å². The third-order valence-corrected chi connectivity index (χ3v) is 1.94. The number of nitrogens with two attached hydrogens (primary N) is 1. The predicted octanol–water partition coefficient (Wildman–Crippen LogP) is -0.461. The average Bonchev–Trinajstić information content (AvgIpc) is 2.67. The second-order valence-electron chi connectivity index (χ2n) is 2.97. The number of amides is 2. The smallest absolute Gasteiger partial charge is 0.253 e. The first-order valence-electron chi connectivity index (χ1n) is 5.52. The maximum Gasteiger partial charge on any atom is 0.253 e. The van der Waals surface area contributed by atoms with E-state index < -0.39 is 0 Å². The van der Waals surface area contributed by atoms with E-state index in [4.69, 9.17) is 9.47 Å². The molecule has 0 fully saturated rings. The van der Waals surface area contributed by atoms with Gasteiger partial charge in [-0.3, -0.25) is 14.5 Å². The van der Waals surface area contributed by atoms with Gasteiger partial charge in [0.25, 0.3) is 11.8 Å². The van der Waals surface area contributed by atoms with E-state index >= 15 is 0 Å². The van der Waals surface area contributed by atoms with Crippen LogP contribution < -0.4 is 5.73 Å². The van der Waals surface area contributed by atoms with Gasteiger partial charge in [-0.05, 0) is 14.0 Å². The standard InChI is InChI=1S/C10H15NO4.CH5N/c1-2-14-7-8-15-6-5-11-9(12)3-4-10(11)13;1-2/h3-4H,2,5-8H2,1H3;2H2,1H3. The Balaban J connectivity index is 0.00000121. The second kappa shape index (κ2) is 9.95. The van der Waals surface area contributed by atoms with Gasteiger partial charge in [0.05, 0.1) is 26.4 Å². The zero-order valence-electron chi connectivity index (χ0n) is 10.3. The van der Waals surface area contributed by atoms with E-state index in [1.54, 1.807) is 0 Å². The summed E-state index contributed by atoms with van der Waals surface area (Å²) in [5, 5.41) is 0. The van der Waals surface area contributed by atoms with Crippen molar-refractivity contribution in [3.63, 3.8) is 0 Å². The van der Waals surface area contributed by atoms with Crippen molar-refractivity contribution in [1.82, 2.24) is 4.90 Å². The van der Waals surface area contributed by atoms with Gasteiger partial charge in [-0.15, -0.1) is 0 Å². The lowest BCUT2D eigenvalue weighted by Crippen LogP contribution is -2.33. The molecule has 17 heavy (non-hydrogen) atoms. The van der Waals surface area contributed by atoms with Crippen LogP contribution in [0.15, 0.2) is 12.2 Å². The molecular formula is C11H20N2O4. The molecule has 0 atom stereocenters. The first kappa shape index (κ1) is 15.8. The average molecular weight is 244 g/mol. The van der Waals surface area contributed by atoms with Crippen LogP contribution in [0.2, 0.25) is 0 Å². The first-order valence-corrected chi connectivity index (χ1v) is 5.52. The molecule has 0 aliphatic carbocycles. The lowest BCUT2D eigenvalue weighted by molar-refractivity contribution is -0.137. The van der Waals surface area contributed by atoms with Gasteiger partial charge < -0.3 is 15.2 Å². The van der Waals surface area contributed by atoms with E-state index in [1.807, 2.05) is 6.92 Å². The van der Waals surface area contributed by atoms with Crippen LogP contribution >= 0.6 is 0 Å². The minimum absolute atomic E-state index is 0.270. The molecule has 1 heterocycles. The molecule has 2 N–H and O–H groups in total. The molecule has 0 saturated carbocycles. The van der Waals surface area contributed by atoms with Gasteiger partial charge in [0, 0.05) is 18.8 Å². The lowest BCUT2D eigenvalue weighted by atomic mass is 10.5. The Kier molecular flexibility index (Phi) is 9.22. The Labute approximate surface area is 101 Å². The van der Waals surface area contributed by atoms with Crippen LogP contribution in [0.5, 0.6) is 0 Å². The minimum atomic E-state index is -0.270. The van der Waals surface area contributed by atoms with Gasteiger partial charge in [0.2, 0.25) is 0 Å². The molecule has 0 bridgehead atoms. The summed E-state index contributed by atoms with van der Waals surface area (Å²) in [5.41, 5.74) is 4.50. The van der Waals surface area contributed by atoms with Crippen LogP contribution in [0.4, 0.5) is 0 Å². The van der Waals surface area contributed by atoms with Crippen LogP contribution in [0.25, 0.3) is 0 Å². The number of hydrogen-bond donors (Lipinski definition) is 1. The number of carbonyl (C=O) groups is 2. The SMILES string of the molecule is CCOCCOCCN1C(=O)C=CC1=O.CN. The quantitative estimate of drug-likeness (QED) is 0.484. The number of nitrogens with zero attached hydrogens (tertiary/aromatic N) is 1. The molecule has 1 aliphatic heterocycles. The van der Waals surface area contributed by atoms with Gasteiger partial charge in [-0.2, -0.15) is 0 Å². The normalized spacial score (nSPS) is 13.9. The van der Waals surface area contributed by atoms with E-state index in [2.05, 4.69) is 5.73 Å². The number of carbonyl (C=O) groups excluding carboxylic acids is 2. The second-order valence-corrected chi connectivity index (χ2v) is 2.97. The zero-order valence-corrected chi connectivity index (χ0v) is 10.3. The highest BCUT2D eigenvalue weighted by Gasteiger charge is 2.22. The molecule has 1 rings (SSSR count). The van der Waals surface area contributed by atoms with Crippen molar-refractivity contribution in [1.29, 1.82) is 0 Å². The van der Waals surface area contributed by atoms with Crippen LogP contribution in [0.1, 0.15) is 6.92 Å². The summed E-state index contributed by atoms with van der Waals surface area (Å²) in [6, 6.07) is 0. The first-order chi connectivity index (χ1) is 8.25. The molecule has 6 heteroatoms. The number of hydrogen-bond acceptors (Lipinski definition) is 5. The molecule has 0 aromatic carbocycles. The van der Waals surface area contributed by atoms with Gasteiger partial charge in [0.15, 0.2) is 0 Å². The summed E-state index contributed by atoms with van der Waals surface area (Å²) in [5.74, 6) is -0.540. The monoisotopic (exact) mass is 244 g/mol. The van der Waals surface area contributed by atoms with Crippen LogP contribution in [-0.2, 0) is 19.1 Å². The predicted molar refractivity (Wildman–Crippen MR) is 63.3 cm³/mol. The fraction of sp³-hybridized carbons (Fsp3) is 0.636. The number of rotatable bonds is 7. The van der Waals surface area contributed by atoms with Crippen LogP contribution in [-0.4, -0.2) is 56.7 Å². The molecule has 0 spiro atoms. The minimum Gasteiger partial charge on any atom is -0.379 e. The third-order valence-electron chi connectivity index (χ3n) is 1.94. The van der Waals surface area contributed by atoms with Gasteiger partial charge in [-0.25, -0.2) is 0 Å². The van der Waals surface area contributed by atoms with Gasteiger partial charge in [0.1, 0.15) is 0 Å². The third kappa shape index (κ3) is 6.15. The largest absolute Gasteiger partial charge is 0.379 e. The molecule has 0 aromatic rings. The lowest BCUT2D eigenvalue weighted by Gasteiger charge is -2.13. The Morgan fingerprint density at radius 2 is 1.59 bits per heavy atom. The fourth-order valence-electron chi connectivity index (χ4n) is 1.17. The van der Waals surface area contributed by atoms with Gasteiger partial charge >= 0.3 is 0 Å². The number of imide groups is 1. The maximum atomic E-state index is 11.1. The van der Waals surface area contributed by atoms with Crippen LogP contribution in [0, 0.1) is 0 Å². The van der Waals surface area contributed by atoms with E-state index in [-0.39, 0.29) is 11.8 Å². The summed E-state index contributed by atoms with van der Waals surface area (Å²) in [7, 11) is 1.50. The Morgan fingerprint density at radius 1 is 1.06 bits per heavy atom. The fourth-order valence-corrected chi connectivity index (χ4v) is 1.17. The molecule has 6 nitrogen and oxygen atoms in total. The highest BCUT2D eigenvalue weighted by atomic mass is 16.5. The van der Waals surface area contributed by atoms with Crippen molar-refractivity contribution >= 4 is 11.8 Å². The van der Waals surface area contributed by atoms with Crippen molar-refractivity contribution in [3.8, 4) is 0 Å². The Morgan fingerprint density at radius 3 is 2.12 bits per heavy atom. The summed E-state index contributed by atoms with van der Waals surface area (Å²) in [4.78, 5) is 23.3. The summed E-state index contributed by atoms with van der Waals surface area (Å²) < 4.78 is 10.3. The van der Waals surface area contributed by atoms with Gasteiger partial charge in [-0.1, -0.05) is 0 Å². The van der Waals surface area contributed by atoms with Crippen molar-refractivity contribution in [2.45, 2.75) is 6.92 Å². The number of ether oxygens (including phenoxy) is 2. The molecule has 0 aromatic heterocycles. The van der Waals surface area contributed by atoms with E-state index in [0.29, 0.717) is 33.0 Å². The maximum absolute atomic E-state index is 11.1. The molecular weight excluding hydrogens is 224 g/mol. The molecule has 0 radical (unpaired) electrons. The molecule has 2 amide bonds. The Bertz CT molecular complexity index is 248. The van der Waals surface area contributed by atoms with E-state index in [9.17, 15) is 9.59 Å². The Hall–Kier alpha value is -1.24. The molecule has 0 saturated heterocycles. The van der Waals surface area contributed by atoms with E-state index in [1.165, 1.54) is 19.2 Å². The van der Waals surface area contributed by atoms with Crippen molar-refractivity contribution in [3.05, 3.63) is 12.2 Å². The molecule has 98 valence electrons. The summed E-state index contributed by atoms with van der Waals surface area (Å²) in [6.07, 6.45) is 2.53. The van der Waals surface area contributed by atoms with E-state index in [0.717, 1.165) is 4.90 Å². The highest BCUT2D eigenvalue weighted by molar-refractivity contribution is 6.12. The van der Waals surface area contributed by atoms with Crippen LogP contribution in [0.3, 0.4) is 0 Å². The highest BCUT2D eigenvalue weighted by Crippen LogP contribution is 2.02. The zero-order chi connectivity index (χ0) is 13.1. The molecule has 1 aliphatic rings. The van der Waals surface area contributed by atoms with Crippen molar-refractivity contribution in [2.75, 3.05) is 40.0 Å². The summed E-state index contributed by atoms with van der Waals surface area (Å²) >= 11 is 0. The summed E-state index contributed by atoms with van der Waals surface area (Å²) in [6.45, 7) is 4.25. The topological polar surface area (TPSA) is 81.9 Å². The van der Waals surface area contributed by atoms with Crippen molar-refractivity contribution < 1.29 is 19.1 Å².